The number of benzene rings is 2. The van der Waals surface area contributed by atoms with E-state index in [0.717, 1.165) is 41.7 Å². The third kappa shape index (κ3) is 4.68. The number of thiocarbonyl (C=S) groups is 1. The highest BCUT2D eigenvalue weighted by molar-refractivity contribution is 7.80. The number of pyridine rings is 1. The molecule has 0 saturated carbocycles. The predicted molar refractivity (Wildman–Crippen MR) is 142 cm³/mol. The number of anilines is 1. The predicted octanol–water partition coefficient (Wildman–Crippen LogP) is 5.66. The highest BCUT2D eigenvalue weighted by atomic mass is 32.1. The first-order valence-corrected chi connectivity index (χ1v) is 12.1. The SMILES string of the molecule is Cc1ccc(-n2cccc2[C@@H]2[C@@H](c3ccccn3)NC(=S)N2CCCNc2ccccc2)cc1. The Morgan fingerprint density at radius 1 is 0.941 bits per heavy atom. The molecule has 0 aliphatic carbocycles. The van der Waals surface area contributed by atoms with E-state index in [1.54, 1.807) is 0 Å². The molecule has 1 aliphatic heterocycles. The summed E-state index contributed by atoms with van der Waals surface area (Å²) in [7, 11) is 0. The molecule has 0 radical (unpaired) electrons. The van der Waals surface area contributed by atoms with Crippen LogP contribution >= 0.6 is 12.2 Å². The average molecular weight is 468 g/mol. The summed E-state index contributed by atoms with van der Waals surface area (Å²) in [6, 6.07) is 29.4. The van der Waals surface area contributed by atoms with E-state index in [1.165, 1.54) is 11.3 Å². The van der Waals surface area contributed by atoms with Gasteiger partial charge in [0.15, 0.2) is 5.11 Å². The fourth-order valence-electron chi connectivity index (χ4n) is 4.58. The van der Waals surface area contributed by atoms with Crippen molar-refractivity contribution in [3.63, 3.8) is 0 Å². The summed E-state index contributed by atoms with van der Waals surface area (Å²) in [5, 5.41) is 7.85. The molecule has 0 amide bonds. The Hall–Kier alpha value is -3.64. The van der Waals surface area contributed by atoms with Crippen molar-refractivity contribution in [2.45, 2.75) is 25.4 Å². The van der Waals surface area contributed by atoms with Gasteiger partial charge in [-0.25, -0.2) is 0 Å². The number of rotatable bonds is 8. The Morgan fingerprint density at radius 3 is 2.50 bits per heavy atom. The first-order valence-electron chi connectivity index (χ1n) is 11.7. The van der Waals surface area contributed by atoms with Crippen LogP contribution in [-0.4, -0.2) is 32.7 Å². The minimum absolute atomic E-state index is 0.0186. The van der Waals surface area contributed by atoms with Crippen molar-refractivity contribution in [2.24, 2.45) is 0 Å². The van der Waals surface area contributed by atoms with Gasteiger partial charge in [-0.05, 0) is 74.1 Å². The number of aromatic nitrogens is 2. The molecular formula is C28H29N5S. The molecule has 4 aromatic rings. The summed E-state index contributed by atoms with van der Waals surface area (Å²) in [4.78, 5) is 6.99. The Kier molecular flexibility index (Phi) is 6.58. The van der Waals surface area contributed by atoms with Crippen molar-refractivity contribution in [1.29, 1.82) is 0 Å². The summed E-state index contributed by atoms with van der Waals surface area (Å²) in [5.74, 6) is 0. The van der Waals surface area contributed by atoms with E-state index in [-0.39, 0.29) is 12.1 Å². The van der Waals surface area contributed by atoms with Gasteiger partial charge in [0.2, 0.25) is 0 Å². The molecule has 6 heteroatoms. The van der Waals surface area contributed by atoms with E-state index in [2.05, 4.69) is 105 Å². The van der Waals surface area contributed by atoms with Crippen molar-refractivity contribution in [3.05, 3.63) is 114 Å². The molecule has 1 fully saturated rings. The van der Waals surface area contributed by atoms with Crippen molar-refractivity contribution in [1.82, 2.24) is 19.8 Å². The third-order valence-electron chi connectivity index (χ3n) is 6.27. The largest absolute Gasteiger partial charge is 0.385 e. The lowest BCUT2D eigenvalue weighted by atomic mass is 10.0. The molecule has 172 valence electrons. The van der Waals surface area contributed by atoms with Gasteiger partial charge in [-0.1, -0.05) is 42.0 Å². The average Bonchev–Trinajstić information content (AvgIpc) is 3.48. The smallest absolute Gasteiger partial charge is 0.170 e. The zero-order chi connectivity index (χ0) is 23.3. The maximum Gasteiger partial charge on any atom is 0.170 e. The van der Waals surface area contributed by atoms with Crippen LogP contribution in [0.25, 0.3) is 5.69 Å². The molecule has 2 atom stereocenters. The minimum atomic E-state index is -0.0186. The summed E-state index contributed by atoms with van der Waals surface area (Å²) in [6.07, 6.45) is 4.95. The number of hydrogen-bond donors (Lipinski definition) is 2. The van der Waals surface area contributed by atoms with Gasteiger partial charge in [-0.15, -0.1) is 0 Å². The first kappa shape index (κ1) is 22.2. The summed E-state index contributed by atoms with van der Waals surface area (Å²) >= 11 is 5.85. The van der Waals surface area contributed by atoms with Gasteiger partial charge in [0, 0.05) is 42.6 Å². The highest BCUT2D eigenvalue weighted by Gasteiger charge is 2.40. The molecule has 5 rings (SSSR count). The van der Waals surface area contributed by atoms with Crippen LogP contribution in [0.1, 0.15) is 35.5 Å². The second-order valence-electron chi connectivity index (χ2n) is 8.60. The van der Waals surface area contributed by atoms with E-state index in [0.29, 0.717) is 0 Å². The lowest BCUT2D eigenvalue weighted by Crippen LogP contribution is -2.32. The topological polar surface area (TPSA) is 45.1 Å². The molecule has 1 aliphatic rings. The summed E-state index contributed by atoms with van der Waals surface area (Å²) in [5.41, 5.74) is 5.73. The van der Waals surface area contributed by atoms with E-state index in [4.69, 9.17) is 12.2 Å². The molecule has 2 aromatic heterocycles. The zero-order valence-corrected chi connectivity index (χ0v) is 20.1. The van der Waals surface area contributed by atoms with Crippen LogP contribution in [0.15, 0.2) is 97.3 Å². The maximum absolute atomic E-state index is 5.85. The molecule has 2 N–H and O–H groups in total. The molecule has 3 heterocycles. The van der Waals surface area contributed by atoms with E-state index in [1.807, 2.05) is 24.4 Å². The zero-order valence-electron chi connectivity index (χ0n) is 19.3. The molecular weight excluding hydrogens is 438 g/mol. The number of para-hydroxylation sites is 1. The molecule has 34 heavy (non-hydrogen) atoms. The number of aryl methyl sites for hydroxylation is 1. The molecule has 0 spiro atoms. The van der Waals surface area contributed by atoms with Gasteiger partial charge in [-0.3, -0.25) is 4.98 Å². The maximum atomic E-state index is 5.85. The van der Waals surface area contributed by atoms with Gasteiger partial charge in [0.25, 0.3) is 0 Å². The van der Waals surface area contributed by atoms with E-state index >= 15 is 0 Å². The van der Waals surface area contributed by atoms with Crippen molar-refractivity contribution in [2.75, 3.05) is 18.4 Å². The van der Waals surface area contributed by atoms with E-state index in [9.17, 15) is 0 Å². The second kappa shape index (κ2) is 10.1. The highest BCUT2D eigenvalue weighted by Crippen LogP contribution is 2.39. The number of nitrogens with zero attached hydrogens (tertiary/aromatic N) is 3. The summed E-state index contributed by atoms with van der Waals surface area (Å²) in [6.45, 7) is 3.84. The van der Waals surface area contributed by atoms with Crippen LogP contribution in [0.2, 0.25) is 0 Å². The molecule has 2 aromatic carbocycles. The van der Waals surface area contributed by atoms with Gasteiger partial charge < -0.3 is 20.1 Å². The number of hydrogen-bond acceptors (Lipinski definition) is 3. The van der Waals surface area contributed by atoms with Crippen LogP contribution < -0.4 is 10.6 Å². The Labute approximate surface area is 206 Å². The van der Waals surface area contributed by atoms with Crippen molar-refractivity contribution >= 4 is 23.0 Å². The number of nitrogens with one attached hydrogen (secondary N) is 2. The van der Waals surface area contributed by atoms with Crippen LogP contribution in [0.4, 0.5) is 5.69 Å². The van der Waals surface area contributed by atoms with Gasteiger partial charge >= 0.3 is 0 Å². The molecule has 5 nitrogen and oxygen atoms in total. The lowest BCUT2D eigenvalue weighted by Gasteiger charge is -2.29. The Bertz CT molecular complexity index is 1220. The van der Waals surface area contributed by atoms with Gasteiger partial charge in [0.1, 0.15) is 0 Å². The second-order valence-corrected chi connectivity index (χ2v) is 8.99. The van der Waals surface area contributed by atoms with Crippen LogP contribution in [0.3, 0.4) is 0 Å². The minimum Gasteiger partial charge on any atom is -0.385 e. The Balaban J connectivity index is 1.42. The van der Waals surface area contributed by atoms with Crippen molar-refractivity contribution in [3.8, 4) is 5.69 Å². The summed E-state index contributed by atoms with van der Waals surface area (Å²) < 4.78 is 2.27. The van der Waals surface area contributed by atoms with Crippen LogP contribution in [0, 0.1) is 6.92 Å². The third-order valence-corrected chi connectivity index (χ3v) is 6.62. The van der Waals surface area contributed by atoms with Crippen molar-refractivity contribution < 1.29 is 0 Å². The standard InChI is InChI=1S/C28H29N5S/c1-21-13-15-23(16-14-21)32-19-7-12-25(32)27-26(24-11-5-6-17-30-24)31-28(34)33(27)20-8-18-29-22-9-3-2-4-10-22/h2-7,9-17,19,26-27,29H,8,18,20H2,1H3,(H,31,34)/t26-,27-/m1/s1. The fourth-order valence-corrected chi connectivity index (χ4v) is 4.91. The van der Waals surface area contributed by atoms with Gasteiger partial charge in [0.05, 0.1) is 17.8 Å². The first-order chi connectivity index (χ1) is 16.7. The van der Waals surface area contributed by atoms with Crippen LogP contribution in [0.5, 0.6) is 0 Å². The quantitative estimate of drug-likeness (QED) is 0.259. The fraction of sp³-hybridized carbons (Fsp3) is 0.214. The normalized spacial score (nSPS) is 17.6. The Morgan fingerprint density at radius 2 is 1.74 bits per heavy atom. The molecule has 1 saturated heterocycles. The van der Waals surface area contributed by atoms with Gasteiger partial charge in [-0.2, -0.15) is 0 Å². The van der Waals surface area contributed by atoms with E-state index < -0.39 is 0 Å². The lowest BCUT2D eigenvalue weighted by molar-refractivity contribution is 0.307. The molecule has 0 unspecified atom stereocenters. The molecule has 0 bridgehead atoms. The van der Waals surface area contributed by atoms with Crippen LogP contribution in [-0.2, 0) is 0 Å². The monoisotopic (exact) mass is 467 g/mol.